The van der Waals surface area contributed by atoms with E-state index in [1.807, 2.05) is 18.2 Å². The first kappa shape index (κ1) is 19.1. The van der Waals surface area contributed by atoms with Crippen molar-refractivity contribution in [3.05, 3.63) is 57.3 Å². The molecule has 1 fully saturated rings. The number of halogens is 3. The van der Waals surface area contributed by atoms with Gasteiger partial charge in [-0.25, -0.2) is 4.39 Å². The lowest BCUT2D eigenvalue weighted by Crippen LogP contribution is -2.48. The highest BCUT2D eigenvalue weighted by molar-refractivity contribution is 9.10. The molecule has 0 saturated carbocycles. The zero-order valence-electron chi connectivity index (χ0n) is 14.4. The van der Waals surface area contributed by atoms with Crippen LogP contribution in [0.1, 0.15) is 5.56 Å². The second-order valence-electron chi connectivity index (χ2n) is 6.37. The third-order valence-corrected chi connectivity index (χ3v) is 5.18. The molecule has 1 saturated heterocycles. The first-order valence-electron chi connectivity index (χ1n) is 8.41. The van der Waals surface area contributed by atoms with Crippen LogP contribution >= 0.6 is 27.5 Å². The van der Waals surface area contributed by atoms with Gasteiger partial charge < -0.3 is 10.2 Å². The fourth-order valence-corrected chi connectivity index (χ4v) is 3.55. The van der Waals surface area contributed by atoms with Crippen molar-refractivity contribution in [3.8, 4) is 0 Å². The maximum atomic E-state index is 13.8. The smallest absolute Gasteiger partial charge is 0.238 e. The maximum absolute atomic E-state index is 13.8. The number of anilines is 2. The predicted octanol–water partition coefficient (Wildman–Crippen LogP) is 4.31. The van der Waals surface area contributed by atoms with Gasteiger partial charge in [0.25, 0.3) is 0 Å². The van der Waals surface area contributed by atoms with Crippen LogP contribution in [0.25, 0.3) is 0 Å². The van der Waals surface area contributed by atoms with E-state index in [4.69, 9.17) is 11.6 Å². The second-order valence-corrected chi connectivity index (χ2v) is 7.72. The monoisotopic (exact) mass is 439 g/mol. The van der Waals surface area contributed by atoms with Crippen molar-refractivity contribution in [1.29, 1.82) is 0 Å². The maximum Gasteiger partial charge on any atom is 0.238 e. The Labute approximate surface area is 166 Å². The molecule has 0 bridgehead atoms. The average Bonchev–Trinajstić information content (AvgIpc) is 2.60. The Hall–Kier alpha value is -1.63. The van der Waals surface area contributed by atoms with Crippen LogP contribution in [0.4, 0.5) is 15.8 Å². The first-order valence-corrected chi connectivity index (χ1v) is 9.58. The van der Waals surface area contributed by atoms with Gasteiger partial charge in [-0.2, -0.15) is 0 Å². The number of hydrogen-bond acceptors (Lipinski definition) is 3. The van der Waals surface area contributed by atoms with E-state index in [1.54, 1.807) is 12.1 Å². The van der Waals surface area contributed by atoms with E-state index >= 15 is 0 Å². The molecule has 0 radical (unpaired) electrons. The third-order valence-electron chi connectivity index (χ3n) is 4.46. The van der Waals surface area contributed by atoms with Gasteiger partial charge in [0.05, 0.1) is 12.2 Å². The van der Waals surface area contributed by atoms with Gasteiger partial charge in [0.2, 0.25) is 5.91 Å². The molecule has 26 heavy (non-hydrogen) atoms. The lowest BCUT2D eigenvalue weighted by atomic mass is 10.1. The Morgan fingerprint density at radius 1 is 1.19 bits per heavy atom. The van der Waals surface area contributed by atoms with Crippen molar-refractivity contribution >= 4 is 44.8 Å². The zero-order valence-corrected chi connectivity index (χ0v) is 16.8. The standard InChI is InChI=1S/C19H20BrClFN3O/c1-13-2-4-15(21)11-18(13)25-8-6-24(7-9-25)12-19(26)23-17-5-3-14(20)10-16(17)22/h2-5,10-11H,6-9,12H2,1H3,(H,23,26). The Kier molecular flexibility index (Phi) is 6.16. The van der Waals surface area contributed by atoms with Gasteiger partial charge in [0, 0.05) is 41.4 Å². The van der Waals surface area contributed by atoms with Crippen LogP contribution in [0.15, 0.2) is 40.9 Å². The molecule has 1 amide bonds. The average molecular weight is 441 g/mol. The molecule has 4 nitrogen and oxygen atoms in total. The summed E-state index contributed by atoms with van der Waals surface area (Å²) < 4.78 is 14.5. The van der Waals surface area contributed by atoms with Crippen molar-refractivity contribution in [1.82, 2.24) is 4.90 Å². The second kappa shape index (κ2) is 8.37. The van der Waals surface area contributed by atoms with Crippen LogP contribution < -0.4 is 10.2 Å². The quantitative estimate of drug-likeness (QED) is 0.769. The molecule has 1 aliphatic rings. The highest BCUT2D eigenvalue weighted by atomic mass is 79.9. The number of carbonyl (C=O) groups excluding carboxylic acids is 1. The molecule has 2 aromatic carbocycles. The Balaban J connectivity index is 1.53. The summed E-state index contributed by atoms with van der Waals surface area (Å²) in [5.74, 6) is -0.660. The highest BCUT2D eigenvalue weighted by Gasteiger charge is 2.20. The molecular weight excluding hydrogens is 421 g/mol. The van der Waals surface area contributed by atoms with Gasteiger partial charge in [-0.1, -0.05) is 33.6 Å². The molecule has 1 aliphatic heterocycles. The van der Waals surface area contributed by atoms with E-state index < -0.39 is 5.82 Å². The molecule has 0 atom stereocenters. The van der Waals surface area contributed by atoms with Gasteiger partial charge in [-0.3, -0.25) is 9.69 Å². The van der Waals surface area contributed by atoms with Gasteiger partial charge in [0.1, 0.15) is 5.82 Å². The van der Waals surface area contributed by atoms with Crippen LogP contribution in [0, 0.1) is 12.7 Å². The van der Waals surface area contributed by atoms with Crippen LogP contribution in [0.2, 0.25) is 5.02 Å². The van der Waals surface area contributed by atoms with Crippen molar-refractivity contribution in [2.75, 3.05) is 42.9 Å². The largest absolute Gasteiger partial charge is 0.369 e. The topological polar surface area (TPSA) is 35.6 Å². The summed E-state index contributed by atoms with van der Waals surface area (Å²) in [5.41, 5.74) is 2.52. The Morgan fingerprint density at radius 2 is 1.92 bits per heavy atom. The van der Waals surface area contributed by atoms with Gasteiger partial charge in [-0.05, 0) is 42.8 Å². The number of amides is 1. The summed E-state index contributed by atoms with van der Waals surface area (Å²) in [6.45, 7) is 5.49. The molecule has 1 heterocycles. The minimum Gasteiger partial charge on any atom is -0.369 e. The van der Waals surface area contributed by atoms with E-state index in [0.717, 1.165) is 36.9 Å². The summed E-state index contributed by atoms with van der Waals surface area (Å²) in [6.07, 6.45) is 0. The molecule has 7 heteroatoms. The molecule has 1 N–H and O–H groups in total. The van der Waals surface area contributed by atoms with Gasteiger partial charge in [0.15, 0.2) is 0 Å². The van der Waals surface area contributed by atoms with Crippen LogP contribution in [0.3, 0.4) is 0 Å². The normalized spacial score (nSPS) is 15.2. The molecule has 0 spiro atoms. The SMILES string of the molecule is Cc1ccc(Cl)cc1N1CCN(CC(=O)Nc2ccc(Br)cc2F)CC1. The van der Waals surface area contributed by atoms with Crippen molar-refractivity contribution < 1.29 is 9.18 Å². The van der Waals surface area contributed by atoms with Crippen LogP contribution in [0.5, 0.6) is 0 Å². The number of benzene rings is 2. The number of hydrogen-bond donors (Lipinski definition) is 1. The third kappa shape index (κ3) is 4.75. The molecule has 138 valence electrons. The summed E-state index contributed by atoms with van der Waals surface area (Å²) in [7, 11) is 0. The number of aryl methyl sites for hydroxylation is 1. The number of rotatable bonds is 4. The number of nitrogens with zero attached hydrogens (tertiary/aromatic N) is 2. The zero-order chi connectivity index (χ0) is 18.7. The highest BCUT2D eigenvalue weighted by Crippen LogP contribution is 2.25. The minimum absolute atomic E-state index is 0.200. The molecule has 2 aromatic rings. The summed E-state index contributed by atoms with van der Waals surface area (Å²) in [4.78, 5) is 16.6. The molecular formula is C19H20BrClFN3O. The van der Waals surface area contributed by atoms with Gasteiger partial charge in [-0.15, -0.1) is 0 Å². The minimum atomic E-state index is -0.450. The predicted molar refractivity (Wildman–Crippen MR) is 108 cm³/mol. The molecule has 0 aliphatic carbocycles. The number of piperazine rings is 1. The van der Waals surface area contributed by atoms with E-state index in [2.05, 4.69) is 38.0 Å². The number of nitrogens with one attached hydrogen (secondary N) is 1. The summed E-state index contributed by atoms with van der Waals surface area (Å²) >= 11 is 9.31. The van der Waals surface area contributed by atoms with E-state index in [0.29, 0.717) is 4.47 Å². The lowest BCUT2D eigenvalue weighted by Gasteiger charge is -2.36. The van der Waals surface area contributed by atoms with Gasteiger partial charge >= 0.3 is 0 Å². The van der Waals surface area contributed by atoms with Crippen LogP contribution in [-0.4, -0.2) is 43.5 Å². The lowest BCUT2D eigenvalue weighted by molar-refractivity contribution is -0.117. The fourth-order valence-electron chi connectivity index (χ4n) is 3.05. The fraction of sp³-hybridized carbons (Fsp3) is 0.316. The number of carbonyl (C=O) groups is 1. The van der Waals surface area contributed by atoms with Crippen molar-refractivity contribution in [2.24, 2.45) is 0 Å². The molecule has 3 rings (SSSR count). The first-order chi connectivity index (χ1) is 12.4. The molecule has 0 unspecified atom stereocenters. The summed E-state index contributed by atoms with van der Waals surface area (Å²) in [6, 6.07) is 10.5. The summed E-state index contributed by atoms with van der Waals surface area (Å²) in [5, 5.41) is 3.36. The Bertz CT molecular complexity index is 809. The van der Waals surface area contributed by atoms with Crippen molar-refractivity contribution in [2.45, 2.75) is 6.92 Å². The van der Waals surface area contributed by atoms with E-state index in [-0.39, 0.29) is 18.1 Å². The molecule has 0 aromatic heterocycles. The van der Waals surface area contributed by atoms with E-state index in [1.165, 1.54) is 11.6 Å². The van der Waals surface area contributed by atoms with Crippen molar-refractivity contribution in [3.63, 3.8) is 0 Å². The van der Waals surface area contributed by atoms with Crippen LogP contribution in [-0.2, 0) is 4.79 Å². The van der Waals surface area contributed by atoms with E-state index in [9.17, 15) is 9.18 Å². The Morgan fingerprint density at radius 3 is 2.62 bits per heavy atom.